The maximum absolute atomic E-state index is 5.39. The lowest BCUT2D eigenvalue weighted by molar-refractivity contribution is 0.409. The molecule has 2 aromatic rings. The predicted molar refractivity (Wildman–Crippen MR) is 76.6 cm³/mol. The number of hydrogen-bond donors (Lipinski definition) is 0. The van der Waals surface area contributed by atoms with Crippen LogP contribution in [0.25, 0.3) is 10.9 Å². The van der Waals surface area contributed by atoms with Gasteiger partial charge in [0, 0.05) is 5.39 Å². The van der Waals surface area contributed by atoms with E-state index >= 15 is 0 Å². The second-order valence-corrected chi connectivity index (χ2v) is 5.14. The van der Waals surface area contributed by atoms with E-state index in [1.807, 2.05) is 12.1 Å². The van der Waals surface area contributed by atoms with E-state index in [9.17, 15) is 0 Å². The number of aromatic nitrogens is 1. The van der Waals surface area contributed by atoms with Crippen LogP contribution in [-0.2, 0) is 0 Å². The first-order chi connectivity index (χ1) is 8.58. The maximum atomic E-state index is 5.39. The van der Waals surface area contributed by atoms with Gasteiger partial charge in [0.2, 0.25) is 0 Å². The number of rotatable bonds is 3. The van der Waals surface area contributed by atoms with Gasteiger partial charge in [0.25, 0.3) is 0 Å². The van der Waals surface area contributed by atoms with Crippen molar-refractivity contribution in [3.05, 3.63) is 28.4 Å². The van der Waals surface area contributed by atoms with Crippen molar-refractivity contribution in [3.8, 4) is 11.5 Å². The molecule has 0 spiro atoms. The molecule has 0 aliphatic rings. The molecule has 1 aromatic carbocycles. The third-order valence-electron chi connectivity index (χ3n) is 2.95. The van der Waals surface area contributed by atoms with Crippen LogP contribution < -0.4 is 9.47 Å². The Morgan fingerprint density at radius 3 is 2.28 bits per heavy atom. The van der Waals surface area contributed by atoms with E-state index in [0.717, 1.165) is 32.6 Å². The Kier molecular flexibility index (Phi) is 3.76. The Morgan fingerprint density at radius 2 is 1.72 bits per heavy atom. The zero-order chi connectivity index (χ0) is 13.3. The topological polar surface area (TPSA) is 31.4 Å². The van der Waals surface area contributed by atoms with Crippen molar-refractivity contribution in [2.45, 2.75) is 19.8 Å². The standard InChI is InChI=1S/C14H16BrNO2/c1-8(2)9-7-10-11(17-3)5-6-12(18-4)13(10)16-14(9)15/h5-8H,1-4H3. The summed E-state index contributed by atoms with van der Waals surface area (Å²) in [6.45, 7) is 4.28. The summed E-state index contributed by atoms with van der Waals surface area (Å²) in [5.41, 5.74) is 1.97. The minimum Gasteiger partial charge on any atom is -0.496 e. The summed E-state index contributed by atoms with van der Waals surface area (Å²) in [6.07, 6.45) is 0. The number of ether oxygens (including phenoxy) is 2. The first kappa shape index (κ1) is 13.1. The molecule has 3 nitrogen and oxygen atoms in total. The molecule has 2 rings (SSSR count). The third kappa shape index (κ3) is 2.17. The van der Waals surface area contributed by atoms with Crippen molar-refractivity contribution in [1.29, 1.82) is 0 Å². The number of fused-ring (bicyclic) bond motifs is 1. The maximum Gasteiger partial charge on any atom is 0.145 e. The number of hydrogen-bond acceptors (Lipinski definition) is 3. The summed E-state index contributed by atoms with van der Waals surface area (Å²) < 4.78 is 11.6. The lowest BCUT2D eigenvalue weighted by Crippen LogP contribution is -1.97. The zero-order valence-electron chi connectivity index (χ0n) is 11.0. The molecule has 4 heteroatoms. The number of benzene rings is 1. The van der Waals surface area contributed by atoms with Gasteiger partial charge in [-0.3, -0.25) is 0 Å². The van der Waals surface area contributed by atoms with Gasteiger partial charge < -0.3 is 9.47 Å². The van der Waals surface area contributed by atoms with E-state index in [1.54, 1.807) is 14.2 Å². The van der Waals surface area contributed by atoms with Crippen molar-refractivity contribution >= 4 is 26.8 Å². The Morgan fingerprint density at radius 1 is 1.11 bits per heavy atom. The van der Waals surface area contributed by atoms with Crippen LogP contribution in [0, 0.1) is 0 Å². The summed E-state index contributed by atoms with van der Waals surface area (Å²) in [6, 6.07) is 5.88. The molecule has 0 unspecified atom stereocenters. The Bertz CT molecular complexity index is 582. The van der Waals surface area contributed by atoms with Crippen molar-refractivity contribution in [2.24, 2.45) is 0 Å². The van der Waals surface area contributed by atoms with Gasteiger partial charge in [-0.25, -0.2) is 4.98 Å². The van der Waals surface area contributed by atoms with Gasteiger partial charge in [-0.2, -0.15) is 0 Å². The molecule has 0 saturated heterocycles. The average Bonchev–Trinajstić information content (AvgIpc) is 2.36. The quantitative estimate of drug-likeness (QED) is 0.799. The largest absolute Gasteiger partial charge is 0.496 e. The van der Waals surface area contributed by atoms with Crippen LogP contribution in [-0.4, -0.2) is 19.2 Å². The highest BCUT2D eigenvalue weighted by Gasteiger charge is 2.14. The van der Waals surface area contributed by atoms with Crippen LogP contribution in [0.1, 0.15) is 25.3 Å². The van der Waals surface area contributed by atoms with Crippen LogP contribution in [0.2, 0.25) is 0 Å². The van der Waals surface area contributed by atoms with Crippen LogP contribution in [0.5, 0.6) is 11.5 Å². The van der Waals surface area contributed by atoms with E-state index in [-0.39, 0.29) is 0 Å². The molecule has 0 amide bonds. The van der Waals surface area contributed by atoms with Crippen LogP contribution in [0.4, 0.5) is 0 Å². The van der Waals surface area contributed by atoms with Crippen molar-refractivity contribution in [2.75, 3.05) is 14.2 Å². The fourth-order valence-electron chi connectivity index (χ4n) is 1.95. The van der Waals surface area contributed by atoms with Gasteiger partial charge in [-0.15, -0.1) is 0 Å². The van der Waals surface area contributed by atoms with Crippen LogP contribution in [0.15, 0.2) is 22.8 Å². The second-order valence-electron chi connectivity index (χ2n) is 4.39. The Hall–Kier alpha value is -1.29. The van der Waals surface area contributed by atoms with Crippen molar-refractivity contribution < 1.29 is 9.47 Å². The average molecular weight is 310 g/mol. The first-order valence-electron chi connectivity index (χ1n) is 5.79. The molecule has 1 aromatic heterocycles. The molecular formula is C14H16BrNO2. The summed E-state index contributed by atoms with van der Waals surface area (Å²) in [5, 5.41) is 0.976. The van der Waals surface area contributed by atoms with Crippen LogP contribution >= 0.6 is 15.9 Å². The summed E-state index contributed by atoms with van der Waals surface area (Å²) >= 11 is 3.52. The Labute approximate surface area is 115 Å². The van der Waals surface area contributed by atoms with E-state index in [0.29, 0.717) is 5.92 Å². The molecule has 1 heterocycles. The highest BCUT2D eigenvalue weighted by atomic mass is 79.9. The minimum atomic E-state index is 0.396. The number of pyridine rings is 1. The summed E-state index contributed by atoms with van der Waals surface area (Å²) in [4.78, 5) is 4.59. The predicted octanol–water partition coefficient (Wildman–Crippen LogP) is 4.14. The monoisotopic (exact) mass is 309 g/mol. The van der Waals surface area contributed by atoms with E-state index in [4.69, 9.17) is 9.47 Å². The molecule has 18 heavy (non-hydrogen) atoms. The highest BCUT2D eigenvalue weighted by Crippen LogP contribution is 2.36. The molecule has 0 bridgehead atoms. The highest BCUT2D eigenvalue weighted by molar-refractivity contribution is 9.10. The van der Waals surface area contributed by atoms with E-state index < -0.39 is 0 Å². The van der Waals surface area contributed by atoms with Crippen molar-refractivity contribution in [1.82, 2.24) is 4.98 Å². The van der Waals surface area contributed by atoms with Crippen LogP contribution in [0.3, 0.4) is 0 Å². The number of methoxy groups -OCH3 is 2. The first-order valence-corrected chi connectivity index (χ1v) is 6.59. The van der Waals surface area contributed by atoms with Gasteiger partial charge in [0.1, 0.15) is 21.6 Å². The lowest BCUT2D eigenvalue weighted by Gasteiger charge is -2.13. The fraction of sp³-hybridized carbons (Fsp3) is 0.357. The van der Waals surface area contributed by atoms with Gasteiger partial charge in [0.05, 0.1) is 14.2 Å². The summed E-state index contributed by atoms with van der Waals surface area (Å²) in [7, 11) is 3.31. The van der Waals surface area contributed by atoms with Gasteiger partial charge >= 0.3 is 0 Å². The molecule has 0 aliphatic heterocycles. The lowest BCUT2D eigenvalue weighted by atomic mass is 10.0. The van der Waals surface area contributed by atoms with Crippen molar-refractivity contribution in [3.63, 3.8) is 0 Å². The fourth-order valence-corrected chi connectivity index (χ4v) is 2.70. The second kappa shape index (κ2) is 5.14. The molecule has 0 radical (unpaired) electrons. The molecule has 0 aliphatic carbocycles. The Balaban J connectivity index is 2.81. The van der Waals surface area contributed by atoms with Gasteiger partial charge in [-0.1, -0.05) is 13.8 Å². The molecule has 96 valence electrons. The molecular weight excluding hydrogens is 294 g/mol. The molecule has 0 fully saturated rings. The van der Waals surface area contributed by atoms with Gasteiger partial charge in [-0.05, 0) is 45.6 Å². The minimum absolute atomic E-state index is 0.396. The molecule has 0 N–H and O–H groups in total. The molecule has 0 saturated carbocycles. The summed E-state index contributed by atoms with van der Waals surface area (Å²) in [5.74, 6) is 1.96. The number of halogens is 1. The SMILES string of the molecule is COc1ccc(OC)c2nc(Br)c(C(C)C)cc12. The van der Waals surface area contributed by atoms with E-state index in [2.05, 4.69) is 40.8 Å². The van der Waals surface area contributed by atoms with E-state index in [1.165, 1.54) is 0 Å². The molecule has 0 atom stereocenters. The zero-order valence-corrected chi connectivity index (χ0v) is 12.5. The number of nitrogens with zero attached hydrogens (tertiary/aromatic N) is 1. The third-order valence-corrected chi connectivity index (χ3v) is 3.59. The smallest absolute Gasteiger partial charge is 0.145 e. The normalized spacial score (nSPS) is 11.0. The van der Waals surface area contributed by atoms with Gasteiger partial charge in [0.15, 0.2) is 0 Å².